The van der Waals surface area contributed by atoms with E-state index in [0.717, 1.165) is 29.1 Å². The summed E-state index contributed by atoms with van der Waals surface area (Å²) in [5, 5.41) is 8.91. The van der Waals surface area contributed by atoms with Gasteiger partial charge in [-0.2, -0.15) is 0 Å². The highest BCUT2D eigenvalue weighted by atomic mass is 16.5. The van der Waals surface area contributed by atoms with E-state index in [1.54, 1.807) is 13.4 Å². The molecule has 2 aromatic rings. The number of hydrogen-bond donors (Lipinski definition) is 1. The van der Waals surface area contributed by atoms with Crippen LogP contribution in [0.3, 0.4) is 0 Å². The minimum absolute atomic E-state index is 0.0200. The molecule has 1 heterocycles. The highest BCUT2D eigenvalue weighted by Gasteiger charge is 2.02. The Kier molecular flexibility index (Phi) is 3.27. The van der Waals surface area contributed by atoms with Crippen molar-refractivity contribution in [2.75, 3.05) is 7.11 Å². The maximum absolute atomic E-state index is 8.91. The summed E-state index contributed by atoms with van der Waals surface area (Å²) >= 11 is 0. The van der Waals surface area contributed by atoms with Gasteiger partial charge < -0.3 is 14.3 Å². The molecule has 0 unspecified atom stereocenters. The third-order valence-electron chi connectivity index (χ3n) is 2.43. The van der Waals surface area contributed by atoms with Crippen LogP contribution in [0.2, 0.25) is 0 Å². The van der Waals surface area contributed by atoms with Crippen LogP contribution in [0.1, 0.15) is 16.9 Å². The zero-order valence-electron chi connectivity index (χ0n) is 9.14. The number of rotatable bonds is 4. The molecule has 0 radical (unpaired) electrons. The zero-order valence-corrected chi connectivity index (χ0v) is 9.14. The third kappa shape index (κ3) is 2.44. The Hall–Kier alpha value is -1.74. The summed E-state index contributed by atoms with van der Waals surface area (Å²) in [5.74, 6) is 1.70. The van der Waals surface area contributed by atoms with Crippen LogP contribution in [-0.2, 0) is 13.0 Å². The second-order valence-corrected chi connectivity index (χ2v) is 3.60. The van der Waals surface area contributed by atoms with Gasteiger partial charge in [-0.15, -0.1) is 0 Å². The molecule has 0 atom stereocenters. The molecule has 3 nitrogen and oxygen atoms in total. The topological polar surface area (TPSA) is 42.6 Å². The van der Waals surface area contributed by atoms with Crippen LogP contribution in [0.25, 0.3) is 0 Å². The van der Waals surface area contributed by atoms with Gasteiger partial charge in [-0.1, -0.05) is 12.1 Å². The van der Waals surface area contributed by atoms with E-state index < -0.39 is 0 Å². The Morgan fingerprint density at radius 1 is 1.19 bits per heavy atom. The lowest BCUT2D eigenvalue weighted by Gasteiger charge is -2.01. The molecule has 1 aromatic heterocycles. The molecule has 84 valence electrons. The van der Waals surface area contributed by atoms with E-state index in [2.05, 4.69) is 0 Å². The fourth-order valence-corrected chi connectivity index (χ4v) is 1.55. The molecule has 1 N–H and O–H groups in total. The summed E-state index contributed by atoms with van der Waals surface area (Å²) < 4.78 is 10.4. The first kappa shape index (κ1) is 10.8. The number of hydrogen-bond acceptors (Lipinski definition) is 3. The number of benzene rings is 1. The molecule has 0 aliphatic rings. The van der Waals surface area contributed by atoms with Gasteiger partial charge in [-0.3, -0.25) is 0 Å². The van der Waals surface area contributed by atoms with Crippen LogP contribution in [0.5, 0.6) is 5.75 Å². The second-order valence-electron chi connectivity index (χ2n) is 3.60. The Bertz CT molecular complexity index is 442. The molecule has 16 heavy (non-hydrogen) atoms. The largest absolute Gasteiger partial charge is 0.497 e. The molecular formula is C13H14O3. The smallest absolute Gasteiger partial charge is 0.118 e. The molecule has 0 aliphatic heterocycles. The second kappa shape index (κ2) is 4.86. The molecule has 1 aromatic carbocycles. The average molecular weight is 218 g/mol. The fraction of sp³-hybridized carbons (Fsp3) is 0.231. The molecule has 0 bridgehead atoms. The lowest BCUT2D eigenvalue weighted by Crippen LogP contribution is -1.87. The highest BCUT2D eigenvalue weighted by molar-refractivity contribution is 5.29. The zero-order chi connectivity index (χ0) is 11.4. The van der Waals surface area contributed by atoms with Gasteiger partial charge in [0.1, 0.15) is 11.5 Å². The van der Waals surface area contributed by atoms with Gasteiger partial charge in [0, 0.05) is 12.0 Å². The standard InChI is InChI=1S/C13H14O3/c1-15-12-4-2-10(3-5-12)6-13-7-11(8-14)9-16-13/h2-5,7,9,14H,6,8H2,1H3. The van der Waals surface area contributed by atoms with Gasteiger partial charge in [-0.05, 0) is 23.8 Å². The quantitative estimate of drug-likeness (QED) is 0.856. The van der Waals surface area contributed by atoms with Crippen molar-refractivity contribution in [1.29, 1.82) is 0 Å². The van der Waals surface area contributed by atoms with Crippen molar-refractivity contribution < 1.29 is 14.3 Å². The minimum Gasteiger partial charge on any atom is -0.497 e. The molecule has 0 fully saturated rings. The maximum Gasteiger partial charge on any atom is 0.118 e. The predicted octanol–water partition coefficient (Wildman–Crippen LogP) is 2.37. The van der Waals surface area contributed by atoms with Crippen molar-refractivity contribution in [2.24, 2.45) is 0 Å². The van der Waals surface area contributed by atoms with Crippen LogP contribution in [0.4, 0.5) is 0 Å². The summed E-state index contributed by atoms with van der Waals surface area (Å²) in [6.45, 7) is 0.0200. The molecule has 2 rings (SSSR count). The predicted molar refractivity (Wildman–Crippen MR) is 60.4 cm³/mol. The summed E-state index contributed by atoms with van der Waals surface area (Å²) in [5.41, 5.74) is 1.96. The van der Waals surface area contributed by atoms with Gasteiger partial charge in [0.2, 0.25) is 0 Å². The Morgan fingerprint density at radius 3 is 2.50 bits per heavy atom. The molecule has 0 spiro atoms. The Morgan fingerprint density at radius 2 is 1.94 bits per heavy atom. The van der Waals surface area contributed by atoms with E-state index in [4.69, 9.17) is 14.3 Å². The van der Waals surface area contributed by atoms with Crippen molar-refractivity contribution in [2.45, 2.75) is 13.0 Å². The SMILES string of the molecule is COc1ccc(Cc2cc(CO)co2)cc1. The lowest BCUT2D eigenvalue weighted by molar-refractivity contribution is 0.280. The molecular weight excluding hydrogens is 204 g/mol. The average Bonchev–Trinajstić information content (AvgIpc) is 2.78. The van der Waals surface area contributed by atoms with Crippen LogP contribution in [0, 0.1) is 0 Å². The van der Waals surface area contributed by atoms with E-state index in [9.17, 15) is 0 Å². The van der Waals surface area contributed by atoms with E-state index >= 15 is 0 Å². The van der Waals surface area contributed by atoms with Crippen LogP contribution in [0.15, 0.2) is 41.0 Å². The minimum atomic E-state index is 0.0200. The number of ether oxygens (including phenoxy) is 1. The third-order valence-corrected chi connectivity index (χ3v) is 2.43. The molecule has 0 saturated heterocycles. The van der Waals surface area contributed by atoms with Crippen molar-refractivity contribution in [3.05, 3.63) is 53.5 Å². The van der Waals surface area contributed by atoms with E-state index in [0.29, 0.717) is 0 Å². The molecule has 0 amide bonds. The van der Waals surface area contributed by atoms with Crippen LogP contribution in [-0.4, -0.2) is 12.2 Å². The van der Waals surface area contributed by atoms with Crippen molar-refractivity contribution in [3.63, 3.8) is 0 Å². The Balaban J connectivity index is 2.08. The number of furan rings is 1. The number of aliphatic hydroxyl groups excluding tert-OH is 1. The maximum atomic E-state index is 8.91. The number of methoxy groups -OCH3 is 1. The first-order chi connectivity index (χ1) is 7.81. The molecule has 0 saturated carbocycles. The number of aliphatic hydroxyl groups is 1. The van der Waals surface area contributed by atoms with Crippen LogP contribution >= 0.6 is 0 Å². The normalized spacial score (nSPS) is 10.4. The van der Waals surface area contributed by atoms with E-state index in [-0.39, 0.29) is 6.61 Å². The van der Waals surface area contributed by atoms with Gasteiger partial charge in [0.25, 0.3) is 0 Å². The van der Waals surface area contributed by atoms with Gasteiger partial charge >= 0.3 is 0 Å². The summed E-state index contributed by atoms with van der Waals surface area (Å²) in [6, 6.07) is 9.71. The summed E-state index contributed by atoms with van der Waals surface area (Å²) in [6.07, 6.45) is 2.31. The molecule has 0 aliphatic carbocycles. The highest BCUT2D eigenvalue weighted by Crippen LogP contribution is 2.16. The van der Waals surface area contributed by atoms with E-state index in [1.807, 2.05) is 30.3 Å². The first-order valence-corrected chi connectivity index (χ1v) is 5.12. The fourth-order valence-electron chi connectivity index (χ4n) is 1.55. The van der Waals surface area contributed by atoms with Gasteiger partial charge in [0.05, 0.1) is 20.0 Å². The monoisotopic (exact) mass is 218 g/mol. The van der Waals surface area contributed by atoms with Crippen LogP contribution < -0.4 is 4.74 Å². The van der Waals surface area contributed by atoms with Crippen molar-refractivity contribution >= 4 is 0 Å². The van der Waals surface area contributed by atoms with Gasteiger partial charge in [0.15, 0.2) is 0 Å². The summed E-state index contributed by atoms with van der Waals surface area (Å²) in [7, 11) is 1.65. The lowest BCUT2D eigenvalue weighted by atomic mass is 10.1. The van der Waals surface area contributed by atoms with Crippen molar-refractivity contribution in [3.8, 4) is 5.75 Å². The van der Waals surface area contributed by atoms with E-state index in [1.165, 1.54) is 0 Å². The van der Waals surface area contributed by atoms with Gasteiger partial charge in [-0.25, -0.2) is 0 Å². The first-order valence-electron chi connectivity index (χ1n) is 5.12. The summed E-state index contributed by atoms with van der Waals surface area (Å²) in [4.78, 5) is 0. The Labute approximate surface area is 94.3 Å². The molecule has 3 heteroatoms. The van der Waals surface area contributed by atoms with Crippen molar-refractivity contribution in [1.82, 2.24) is 0 Å².